The molecule has 2 heterocycles. The van der Waals surface area contributed by atoms with Gasteiger partial charge in [-0.3, -0.25) is 14.2 Å². The van der Waals surface area contributed by atoms with Crippen molar-refractivity contribution in [3.05, 3.63) is 74.9 Å². The van der Waals surface area contributed by atoms with Gasteiger partial charge in [0, 0.05) is 23.2 Å². The van der Waals surface area contributed by atoms with Crippen LogP contribution in [-0.2, 0) is 17.8 Å². The third-order valence-electron chi connectivity index (χ3n) is 5.66. The number of aromatic nitrogens is 2. The van der Waals surface area contributed by atoms with E-state index < -0.39 is 0 Å². The largest absolute Gasteiger partial charge is 0.325 e. The van der Waals surface area contributed by atoms with E-state index in [4.69, 9.17) is 4.98 Å². The van der Waals surface area contributed by atoms with Crippen LogP contribution in [0.1, 0.15) is 30.5 Å². The Hall–Kier alpha value is -2.90. The Morgan fingerprint density at radius 1 is 1.12 bits per heavy atom. The van der Waals surface area contributed by atoms with E-state index >= 15 is 0 Å². The lowest BCUT2D eigenvalue weighted by molar-refractivity contribution is -0.113. The van der Waals surface area contributed by atoms with Gasteiger partial charge in [0.15, 0.2) is 5.16 Å². The summed E-state index contributed by atoms with van der Waals surface area (Å²) < 4.78 is 2.30. The molecule has 0 spiro atoms. The molecule has 0 atom stereocenters. The number of nitrogens with one attached hydrogen (secondary N) is 1. The van der Waals surface area contributed by atoms with Crippen LogP contribution in [0.15, 0.2) is 57.8 Å². The Morgan fingerprint density at radius 3 is 2.58 bits per heavy atom. The normalized spacial score (nSPS) is 11.2. The van der Waals surface area contributed by atoms with Gasteiger partial charge in [-0.15, -0.1) is 11.3 Å². The molecule has 5 nitrogen and oxygen atoms in total. The number of amides is 1. The van der Waals surface area contributed by atoms with Gasteiger partial charge < -0.3 is 5.32 Å². The molecule has 33 heavy (non-hydrogen) atoms. The predicted molar refractivity (Wildman–Crippen MR) is 140 cm³/mol. The van der Waals surface area contributed by atoms with Crippen molar-refractivity contribution in [3.8, 4) is 11.1 Å². The van der Waals surface area contributed by atoms with Gasteiger partial charge in [-0.25, -0.2) is 4.98 Å². The molecule has 0 bridgehead atoms. The lowest BCUT2D eigenvalue weighted by Gasteiger charge is -2.14. The van der Waals surface area contributed by atoms with E-state index in [9.17, 15) is 9.59 Å². The van der Waals surface area contributed by atoms with Crippen LogP contribution in [0.5, 0.6) is 0 Å². The molecule has 0 aliphatic carbocycles. The number of carbonyl (C=O) groups excluding carboxylic acids is 1. The lowest BCUT2D eigenvalue weighted by Crippen LogP contribution is -2.23. The fraction of sp³-hybridized carbons (Fsp3) is 0.269. The summed E-state index contributed by atoms with van der Waals surface area (Å²) in [5.74, 6) is 0.0736. The number of carbonyl (C=O) groups is 1. The van der Waals surface area contributed by atoms with E-state index in [-0.39, 0.29) is 17.2 Å². The van der Waals surface area contributed by atoms with Crippen molar-refractivity contribution in [2.24, 2.45) is 0 Å². The van der Waals surface area contributed by atoms with Crippen LogP contribution in [0, 0.1) is 13.8 Å². The second-order valence-corrected chi connectivity index (χ2v) is 9.76. The van der Waals surface area contributed by atoms with Gasteiger partial charge in [-0.1, -0.05) is 66.7 Å². The van der Waals surface area contributed by atoms with Gasteiger partial charge in [-0.2, -0.15) is 0 Å². The van der Waals surface area contributed by atoms with Crippen molar-refractivity contribution in [1.82, 2.24) is 9.55 Å². The predicted octanol–water partition coefficient (Wildman–Crippen LogP) is 6.05. The van der Waals surface area contributed by atoms with E-state index in [2.05, 4.69) is 36.5 Å². The minimum Gasteiger partial charge on any atom is -0.325 e. The summed E-state index contributed by atoms with van der Waals surface area (Å²) in [5.41, 5.74) is 6.85. The van der Waals surface area contributed by atoms with E-state index in [1.807, 2.05) is 44.4 Å². The van der Waals surface area contributed by atoms with E-state index in [0.717, 1.165) is 34.4 Å². The number of anilines is 1. The molecule has 0 aliphatic rings. The maximum atomic E-state index is 13.2. The van der Waals surface area contributed by atoms with E-state index in [1.54, 1.807) is 4.57 Å². The summed E-state index contributed by atoms with van der Waals surface area (Å²) in [6.45, 7) is 8.55. The molecule has 4 aromatic rings. The number of aryl methyl sites for hydroxylation is 3. The molecule has 2 aromatic heterocycles. The molecular weight excluding hydrogens is 450 g/mol. The van der Waals surface area contributed by atoms with Crippen LogP contribution in [0.25, 0.3) is 21.3 Å². The summed E-state index contributed by atoms with van der Waals surface area (Å²) in [6.07, 6.45) is 0.845. The number of thiophene rings is 1. The van der Waals surface area contributed by atoms with Crippen LogP contribution in [-0.4, -0.2) is 21.2 Å². The summed E-state index contributed by atoms with van der Waals surface area (Å²) in [7, 11) is 0. The number of thioether (sulfide) groups is 1. The quantitative estimate of drug-likeness (QED) is 0.260. The Morgan fingerprint density at radius 2 is 1.88 bits per heavy atom. The van der Waals surface area contributed by atoms with Gasteiger partial charge in [0.1, 0.15) is 4.70 Å². The maximum Gasteiger partial charge on any atom is 0.272 e. The molecule has 0 radical (unpaired) electrons. The second-order valence-electron chi connectivity index (χ2n) is 7.94. The lowest BCUT2D eigenvalue weighted by atomic mass is 10.1. The smallest absolute Gasteiger partial charge is 0.272 e. The number of para-hydroxylation sites is 1. The maximum absolute atomic E-state index is 13.2. The highest BCUT2D eigenvalue weighted by Crippen LogP contribution is 2.32. The zero-order chi connectivity index (χ0) is 23.5. The summed E-state index contributed by atoms with van der Waals surface area (Å²) in [4.78, 5) is 30.8. The van der Waals surface area contributed by atoms with Crippen molar-refractivity contribution in [2.45, 2.75) is 45.8 Å². The molecule has 0 saturated heterocycles. The number of nitrogens with zero attached hydrogens (tertiary/aromatic N) is 2. The molecule has 0 saturated carbocycles. The Bertz CT molecular complexity index is 1370. The first-order valence-electron chi connectivity index (χ1n) is 11.0. The van der Waals surface area contributed by atoms with Crippen molar-refractivity contribution < 1.29 is 4.79 Å². The highest BCUT2D eigenvalue weighted by atomic mass is 32.2. The highest BCUT2D eigenvalue weighted by Gasteiger charge is 2.18. The van der Waals surface area contributed by atoms with Crippen LogP contribution < -0.4 is 10.9 Å². The molecule has 2 aromatic carbocycles. The van der Waals surface area contributed by atoms with Crippen molar-refractivity contribution in [2.75, 3.05) is 11.1 Å². The Balaban J connectivity index is 1.63. The number of hydrogen-bond donors (Lipinski definition) is 1. The van der Waals surface area contributed by atoms with Crippen LogP contribution in [0.2, 0.25) is 0 Å². The van der Waals surface area contributed by atoms with Crippen molar-refractivity contribution >= 4 is 44.9 Å². The fourth-order valence-electron chi connectivity index (χ4n) is 3.81. The van der Waals surface area contributed by atoms with E-state index in [0.29, 0.717) is 21.9 Å². The van der Waals surface area contributed by atoms with Crippen molar-refractivity contribution in [3.63, 3.8) is 0 Å². The van der Waals surface area contributed by atoms with Crippen LogP contribution >= 0.6 is 23.1 Å². The molecule has 170 valence electrons. The molecule has 0 unspecified atom stereocenters. The van der Waals surface area contributed by atoms with Crippen molar-refractivity contribution in [1.29, 1.82) is 0 Å². The first-order chi connectivity index (χ1) is 15.9. The van der Waals surface area contributed by atoms with Gasteiger partial charge in [0.2, 0.25) is 5.91 Å². The molecule has 1 amide bonds. The van der Waals surface area contributed by atoms with Gasteiger partial charge in [-0.05, 0) is 43.9 Å². The third kappa shape index (κ3) is 4.75. The van der Waals surface area contributed by atoms with Crippen LogP contribution in [0.4, 0.5) is 5.69 Å². The average molecular weight is 478 g/mol. The number of hydrogen-bond acceptors (Lipinski definition) is 5. The minimum absolute atomic E-state index is 0.0547. The number of rotatable bonds is 7. The Labute approximate surface area is 201 Å². The molecule has 0 aliphatic heterocycles. The number of benzene rings is 2. The Kier molecular flexibility index (Phi) is 7.00. The zero-order valence-electron chi connectivity index (χ0n) is 19.3. The first-order valence-corrected chi connectivity index (χ1v) is 12.9. The average Bonchev–Trinajstić information content (AvgIpc) is 3.24. The van der Waals surface area contributed by atoms with E-state index in [1.165, 1.54) is 28.7 Å². The second kappa shape index (κ2) is 9.93. The van der Waals surface area contributed by atoms with Gasteiger partial charge in [0.25, 0.3) is 5.56 Å². The third-order valence-corrected chi connectivity index (χ3v) is 7.59. The molecule has 4 rings (SSSR count). The topological polar surface area (TPSA) is 64.0 Å². The van der Waals surface area contributed by atoms with Gasteiger partial charge in [0.05, 0.1) is 11.3 Å². The van der Waals surface area contributed by atoms with Crippen LogP contribution in [0.3, 0.4) is 0 Å². The summed E-state index contributed by atoms with van der Waals surface area (Å²) in [5, 5.41) is 5.62. The standard InChI is InChI=1S/C26H27N3O2S2/c1-5-18-9-7-8-17(4)22(18)27-21(30)15-33-26-28-23-20(19-12-10-16(3)11-13-19)14-32-24(23)25(31)29(26)6-2/h7-14H,5-6,15H2,1-4H3,(H,27,30). The monoisotopic (exact) mass is 477 g/mol. The van der Waals surface area contributed by atoms with Gasteiger partial charge >= 0.3 is 0 Å². The molecule has 1 N–H and O–H groups in total. The molecule has 0 fully saturated rings. The first kappa shape index (κ1) is 23.3. The zero-order valence-corrected chi connectivity index (χ0v) is 20.9. The highest BCUT2D eigenvalue weighted by molar-refractivity contribution is 7.99. The molecule has 7 heteroatoms. The minimum atomic E-state index is -0.106. The summed E-state index contributed by atoms with van der Waals surface area (Å²) in [6, 6.07) is 14.3. The fourth-order valence-corrected chi connectivity index (χ4v) is 5.63. The SMILES string of the molecule is CCc1cccc(C)c1NC(=O)CSc1nc2c(-c3ccc(C)cc3)csc2c(=O)n1CC. The molecular formula is C26H27N3O2S2. The summed E-state index contributed by atoms with van der Waals surface area (Å²) >= 11 is 2.73. The number of fused-ring (bicyclic) bond motifs is 1.